The van der Waals surface area contributed by atoms with Gasteiger partial charge < -0.3 is 4.57 Å². The molecule has 2 aromatic rings. The second-order valence-corrected chi connectivity index (χ2v) is 5.72. The van der Waals surface area contributed by atoms with Crippen molar-refractivity contribution in [2.24, 2.45) is 0 Å². The lowest BCUT2D eigenvalue weighted by Crippen LogP contribution is -2.09. The molecular weight excluding hydrogens is 360 g/mol. The van der Waals surface area contributed by atoms with Gasteiger partial charge in [-0.05, 0) is 25.1 Å². The summed E-state index contributed by atoms with van der Waals surface area (Å²) in [4.78, 5) is 16.4. The highest BCUT2D eigenvalue weighted by Crippen LogP contribution is 2.21. The Balaban J connectivity index is 2.22. The molecule has 1 heterocycles. The topological polar surface area (TPSA) is 34.9 Å². The molecule has 0 atom stereocenters. The van der Waals surface area contributed by atoms with Gasteiger partial charge in [-0.2, -0.15) is 0 Å². The Morgan fingerprint density at radius 2 is 1.94 bits per heavy atom. The number of nitrogens with zero attached hydrogens (tertiary/aromatic N) is 2. The van der Waals surface area contributed by atoms with Crippen LogP contribution in [0.2, 0.25) is 0 Å². The monoisotopic (exact) mass is 370 g/mol. The third-order valence-electron chi connectivity index (χ3n) is 2.65. The van der Waals surface area contributed by atoms with Crippen LogP contribution in [0.25, 0.3) is 0 Å². The van der Waals surface area contributed by atoms with Gasteiger partial charge in [0.15, 0.2) is 5.78 Å². The second kappa shape index (κ2) is 5.80. The molecule has 0 radical (unpaired) electrons. The summed E-state index contributed by atoms with van der Waals surface area (Å²) in [6, 6.07) is 5.56. The zero-order chi connectivity index (χ0) is 13.1. The first-order chi connectivity index (χ1) is 8.60. The average Bonchev–Trinajstić information content (AvgIpc) is 2.75. The van der Waals surface area contributed by atoms with Crippen molar-refractivity contribution in [2.45, 2.75) is 19.9 Å². The van der Waals surface area contributed by atoms with Gasteiger partial charge in [-0.15, -0.1) is 0 Å². The van der Waals surface area contributed by atoms with Gasteiger partial charge in [0.25, 0.3) is 0 Å². The number of Topliss-reactive ketones (excluding diaryl/α,β-unsaturated/α-hetero) is 1. The number of imidazole rings is 1. The number of ketones is 1. The quantitative estimate of drug-likeness (QED) is 0.765. The molecule has 5 heteroatoms. The Morgan fingerprint density at radius 3 is 2.56 bits per heavy atom. The summed E-state index contributed by atoms with van der Waals surface area (Å²) < 4.78 is 3.75. The largest absolute Gasteiger partial charge is 0.335 e. The maximum absolute atomic E-state index is 12.2. The predicted molar refractivity (Wildman–Crippen MR) is 77.8 cm³/mol. The van der Waals surface area contributed by atoms with E-state index in [-0.39, 0.29) is 5.78 Å². The fraction of sp³-hybridized carbons (Fsp3) is 0.231. The highest BCUT2D eigenvalue weighted by Gasteiger charge is 2.12. The van der Waals surface area contributed by atoms with Crippen molar-refractivity contribution in [1.29, 1.82) is 0 Å². The first-order valence-electron chi connectivity index (χ1n) is 5.59. The normalized spacial score (nSPS) is 10.6. The van der Waals surface area contributed by atoms with Crippen LogP contribution < -0.4 is 0 Å². The number of hydrogen-bond donors (Lipinski definition) is 0. The van der Waals surface area contributed by atoms with Gasteiger partial charge >= 0.3 is 0 Å². The summed E-state index contributed by atoms with van der Waals surface area (Å²) in [5.74, 6) is 0.872. The van der Waals surface area contributed by atoms with Crippen LogP contribution in [0.1, 0.15) is 23.1 Å². The van der Waals surface area contributed by atoms with Crippen molar-refractivity contribution in [3.8, 4) is 0 Å². The van der Waals surface area contributed by atoms with E-state index < -0.39 is 0 Å². The van der Waals surface area contributed by atoms with E-state index in [9.17, 15) is 4.79 Å². The lowest BCUT2D eigenvalue weighted by atomic mass is 10.1. The van der Waals surface area contributed by atoms with Gasteiger partial charge in [0, 0.05) is 33.4 Å². The fourth-order valence-electron chi connectivity index (χ4n) is 1.76. The molecule has 0 fully saturated rings. The van der Waals surface area contributed by atoms with Gasteiger partial charge in [-0.3, -0.25) is 4.79 Å². The molecule has 0 N–H and O–H groups in total. The maximum Gasteiger partial charge on any atom is 0.170 e. The van der Waals surface area contributed by atoms with E-state index in [2.05, 4.69) is 36.8 Å². The molecule has 0 unspecified atom stereocenters. The summed E-state index contributed by atoms with van der Waals surface area (Å²) in [7, 11) is 0. The van der Waals surface area contributed by atoms with Crippen LogP contribution in [0, 0.1) is 0 Å². The molecule has 0 amide bonds. The van der Waals surface area contributed by atoms with Gasteiger partial charge in [0.1, 0.15) is 5.82 Å². The number of carbonyl (C=O) groups excluding carboxylic acids is 1. The zero-order valence-corrected chi connectivity index (χ0v) is 13.0. The molecule has 2 rings (SSSR count). The number of hydrogen-bond acceptors (Lipinski definition) is 2. The number of rotatable bonds is 4. The SMILES string of the molecule is CCn1ccnc1CC(=O)c1cc(Br)cc(Br)c1. The van der Waals surface area contributed by atoms with E-state index in [0.29, 0.717) is 12.0 Å². The Kier molecular flexibility index (Phi) is 4.35. The Morgan fingerprint density at radius 1 is 1.28 bits per heavy atom. The zero-order valence-electron chi connectivity index (χ0n) is 9.86. The summed E-state index contributed by atoms with van der Waals surface area (Å²) >= 11 is 6.77. The van der Waals surface area contributed by atoms with Gasteiger partial charge in [-0.1, -0.05) is 31.9 Å². The van der Waals surface area contributed by atoms with Gasteiger partial charge in [0.2, 0.25) is 0 Å². The molecule has 1 aromatic carbocycles. The van der Waals surface area contributed by atoms with E-state index >= 15 is 0 Å². The van der Waals surface area contributed by atoms with Crippen LogP contribution in [-0.4, -0.2) is 15.3 Å². The molecule has 0 saturated heterocycles. The molecule has 0 spiro atoms. The van der Waals surface area contributed by atoms with E-state index in [1.165, 1.54) is 0 Å². The molecule has 94 valence electrons. The standard InChI is InChI=1S/C13H12Br2N2O/c1-2-17-4-3-16-13(17)8-12(18)9-5-10(14)7-11(15)6-9/h3-7H,2,8H2,1H3. The van der Waals surface area contributed by atoms with Crippen LogP contribution in [-0.2, 0) is 13.0 Å². The summed E-state index contributed by atoms with van der Waals surface area (Å²) in [5, 5.41) is 0. The minimum Gasteiger partial charge on any atom is -0.335 e. The molecule has 0 aliphatic carbocycles. The summed E-state index contributed by atoms with van der Waals surface area (Å²) in [5.41, 5.74) is 0.682. The van der Waals surface area contributed by atoms with Gasteiger partial charge in [0.05, 0.1) is 6.42 Å². The molecule has 3 nitrogen and oxygen atoms in total. The smallest absolute Gasteiger partial charge is 0.170 e. The van der Waals surface area contributed by atoms with Crippen molar-refractivity contribution < 1.29 is 4.79 Å². The van der Waals surface area contributed by atoms with E-state index in [4.69, 9.17) is 0 Å². The average molecular weight is 372 g/mol. The molecule has 1 aromatic heterocycles. The van der Waals surface area contributed by atoms with E-state index in [0.717, 1.165) is 21.3 Å². The third-order valence-corrected chi connectivity index (χ3v) is 3.56. The van der Waals surface area contributed by atoms with Crippen molar-refractivity contribution >= 4 is 37.6 Å². The van der Waals surface area contributed by atoms with Crippen molar-refractivity contribution in [1.82, 2.24) is 9.55 Å². The molecule has 0 bridgehead atoms. The molecule has 0 aliphatic rings. The lowest BCUT2D eigenvalue weighted by molar-refractivity contribution is 0.0989. The summed E-state index contributed by atoms with van der Waals surface area (Å²) in [6.45, 7) is 2.86. The number of aryl methyl sites for hydroxylation is 1. The van der Waals surface area contributed by atoms with Crippen LogP contribution >= 0.6 is 31.9 Å². The van der Waals surface area contributed by atoms with Crippen LogP contribution in [0.5, 0.6) is 0 Å². The molecular formula is C13H12Br2N2O. The Bertz CT molecular complexity index is 558. The van der Waals surface area contributed by atoms with Crippen molar-refractivity contribution in [3.05, 3.63) is 50.9 Å². The van der Waals surface area contributed by atoms with Crippen LogP contribution in [0.15, 0.2) is 39.5 Å². The predicted octanol–water partition coefficient (Wildman–Crippen LogP) is 3.85. The maximum atomic E-state index is 12.2. The van der Waals surface area contributed by atoms with Crippen LogP contribution in [0.4, 0.5) is 0 Å². The lowest BCUT2D eigenvalue weighted by Gasteiger charge is -2.05. The highest BCUT2D eigenvalue weighted by atomic mass is 79.9. The van der Waals surface area contributed by atoms with E-state index in [1.807, 2.05) is 35.9 Å². The molecule has 0 saturated carbocycles. The number of halogens is 2. The first kappa shape index (κ1) is 13.5. The fourth-order valence-corrected chi connectivity index (χ4v) is 3.05. The Labute approximate surface area is 122 Å². The highest BCUT2D eigenvalue weighted by molar-refractivity contribution is 9.11. The minimum absolute atomic E-state index is 0.0675. The van der Waals surface area contributed by atoms with Crippen LogP contribution in [0.3, 0.4) is 0 Å². The molecule has 18 heavy (non-hydrogen) atoms. The number of carbonyl (C=O) groups is 1. The van der Waals surface area contributed by atoms with Gasteiger partial charge in [-0.25, -0.2) is 4.98 Å². The minimum atomic E-state index is 0.0675. The Hall–Kier alpha value is -0.940. The number of aromatic nitrogens is 2. The van der Waals surface area contributed by atoms with Crippen molar-refractivity contribution in [2.75, 3.05) is 0 Å². The second-order valence-electron chi connectivity index (χ2n) is 3.89. The summed E-state index contributed by atoms with van der Waals surface area (Å²) in [6.07, 6.45) is 3.94. The molecule has 0 aliphatic heterocycles. The third kappa shape index (κ3) is 3.09. The number of benzene rings is 1. The van der Waals surface area contributed by atoms with Crippen molar-refractivity contribution in [3.63, 3.8) is 0 Å². The van der Waals surface area contributed by atoms with E-state index in [1.54, 1.807) is 6.20 Å². The first-order valence-corrected chi connectivity index (χ1v) is 7.18.